The predicted molar refractivity (Wildman–Crippen MR) is 78.2 cm³/mol. The SMILES string of the molecule is CC(C)(C)OC(=O)N[C@@H]1COc2cc(/C(Cl)=N/O)ccc21. The van der Waals surface area contributed by atoms with E-state index < -0.39 is 11.7 Å². The number of ether oxygens (including phenoxy) is 2. The van der Waals surface area contributed by atoms with Crippen LogP contribution < -0.4 is 10.1 Å². The van der Waals surface area contributed by atoms with Gasteiger partial charge in [-0.3, -0.25) is 0 Å². The van der Waals surface area contributed by atoms with Crippen LogP contribution in [0, 0.1) is 0 Å². The van der Waals surface area contributed by atoms with E-state index in [1.165, 1.54) is 0 Å². The van der Waals surface area contributed by atoms with Gasteiger partial charge < -0.3 is 20.0 Å². The summed E-state index contributed by atoms with van der Waals surface area (Å²) in [7, 11) is 0. The van der Waals surface area contributed by atoms with Gasteiger partial charge >= 0.3 is 6.09 Å². The molecule has 0 fully saturated rings. The zero-order valence-electron chi connectivity index (χ0n) is 12.0. The second-order valence-electron chi connectivity index (χ2n) is 5.65. The van der Waals surface area contributed by atoms with Crippen molar-refractivity contribution in [2.24, 2.45) is 5.16 Å². The Hall–Kier alpha value is -1.95. The topological polar surface area (TPSA) is 80.2 Å². The first-order valence-electron chi connectivity index (χ1n) is 6.44. The van der Waals surface area contributed by atoms with E-state index >= 15 is 0 Å². The maximum Gasteiger partial charge on any atom is 0.408 e. The summed E-state index contributed by atoms with van der Waals surface area (Å²) in [5, 5.41) is 14.3. The van der Waals surface area contributed by atoms with Gasteiger partial charge in [-0.05, 0) is 26.8 Å². The van der Waals surface area contributed by atoms with Crippen LogP contribution in [0.15, 0.2) is 23.4 Å². The number of carbonyl (C=O) groups excluding carboxylic acids is 1. The molecule has 0 radical (unpaired) electrons. The minimum Gasteiger partial charge on any atom is -0.491 e. The van der Waals surface area contributed by atoms with Crippen LogP contribution in [-0.2, 0) is 4.74 Å². The van der Waals surface area contributed by atoms with Crippen LogP contribution in [0.25, 0.3) is 0 Å². The standard InChI is InChI=1S/C14H17ClN2O4/c1-14(2,3)21-13(18)16-10-7-20-11-6-8(12(15)17-19)4-5-9(10)11/h4-6,10,19H,7H2,1-3H3,(H,16,18)/b17-12-/t10-/m1/s1. The van der Waals surface area contributed by atoms with E-state index in [2.05, 4.69) is 10.5 Å². The number of benzene rings is 1. The molecule has 1 heterocycles. The van der Waals surface area contributed by atoms with Crippen molar-refractivity contribution in [1.29, 1.82) is 0 Å². The van der Waals surface area contributed by atoms with E-state index in [0.29, 0.717) is 17.9 Å². The zero-order valence-corrected chi connectivity index (χ0v) is 12.8. The maximum absolute atomic E-state index is 11.8. The zero-order chi connectivity index (χ0) is 15.6. The van der Waals surface area contributed by atoms with Gasteiger partial charge in [0.15, 0.2) is 5.17 Å². The first-order valence-corrected chi connectivity index (χ1v) is 6.82. The molecule has 0 saturated heterocycles. The predicted octanol–water partition coefficient (Wildman–Crippen LogP) is 3.02. The average molecular weight is 313 g/mol. The lowest BCUT2D eigenvalue weighted by Crippen LogP contribution is -2.35. The Bertz CT molecular complexity index is 581. The summed E-state index contributed by atoms with van der Waals surface area (Å²) >= 11 is 5.74. The molecule has 114 valence electrons. The van der Waals surface area contributed by atoms with Crippen LogP contribution in [-0.4, -0.2) is 28.7 Å². The van der Waals surface area contributed by atoms with Gasteiger partial charge in [0.1, 0.15) is 18.0 Å². The number of rotatable bonds is 2. The van der Waals surface area contributed by atoms with E-state index in [1.807, 2.05) is 0 Å². The van der Waals surface area contributed by atoms with Gasteiger partial charge in [-0.25, -0.2) is 4.79 Å². The summed E-state index contributed by atoms with van der Waals surface area (Å²) in [4.78, 5) is 11.8. The summed E-state index contributed by atoms with van der Waals surface area (Å²) in [6.07, 6.45) is -0.497. The second kappa shape index (κ2) is 5.81. The van der Waals surface area contributed by atoms with Crippen LogP contribution in [0.2, 0.25) is 0 Å². The Morgan fingerprint density at radius 1 is 1.52 bits per heavy atom. The highest BCUT2D eigenvalue weighted by Crippen LogP contribution is 2.33. The highest BCUT2D eigenvalue weighted by atomic mass is 35.5. The van der Waals surface area contributed by atoms with Crippen LogP contribution in [0.3, 0.4) is 0 Å². The van der Waals surface area contributed by atoms with Gasteiger partial charge in [0.05, 0.1) is 6.04 Å². The van der Waals surface area contributed by atoms with Gasteiger partial charge in [-0.15, -0.1) is 0 Å². The lowest BCUT2D eigenvalue weighted by Gasteiger charge is -2.21. The lowest BCUT2D eigenvalue weighted by molar-refractivity contribution is 0.0497. The van der Waals surface area contributed by atoms with Crippen molar-refractivity contribution >= 4 is 22.9 Å². The van der Waals surface area contributed by atoms with Crippen molar-refractivity contribution in [2.45, 2.75) is 32.4 Å². The van der Waals surface area contributed by atoms with Crippen molar-refractivity contribution in [1.82, 2.24) is 5.32 Å². The van der Waals surface area contributed by atoms with Crippen molar-refractivity contribution in [2.75, 3.05) is 6.61 Å². The van der Waals surface area contributed by atoms with Crippen LogP contribution >= 0.6 is 11.6 Å². The van der Waals surface area contributed by atoms with E-state index in [-0.39, 0.29) is 11.2 Å². The number of oxime groups is 1. The minimum atomic E-state index is -0.554. The summed E-state index contributed by atoms with van der Waals surface area (Å²) in [6, 6.07) is 4.84. The van der Waals surface area contributed by atoms with Gasteiger partial charge in [0, 0.05) is 11.1 Å². The summed E-state index contributed by atoms with van der Waals surface area (Å²) < 4.78 is 10.7. The molecule has 1 atom stereocenters. The number of hydrogen-bond acceptors (Lipinski definition) is 5. The van der Waals surface area contributed by atoms with Crippen LogP contribution in [0.1, 0.15) is 37.9 Å². The number of amides is 1. The van der Waals surface area contributed by atoms with E-state index in [4.69, 9.17) is 26.3 Å². The molecule has 2 N–H and O–H groups in total. The molecule has 1 amide bonds. The average Bonchev–Trinajstić information content (AvgIpc) is 2.78. The Labute approximate surface area is 127 Å². The molecule has 2 rings (SSSR count). The summed E-state index contributed by atoms with van der Waals surface area (Å²) in [5.41, 5.74) is 0.810. The molecule has 0 bridgehead atoms. The van der Waals surface area contributed by atoms with Gasteiger partial charge in [-0.1, -0.05) is 28.9 Å². The third kappa shape index (κ3) is 3.78. The molecule has 0 saturated carbocycles. The Kier molecular flexibility index (Phi) is 4.27. The molecule has 0 unspecified atom stereocenters. The van der Waals surface area contributed by atoms with Crippen molar-refractivity contribution < 1.29 is 19.5 Å². The van der Waals surface area contributed by atoms with E-state index in [0.717, 1.165) is 5.56 Å². The smallest absolute Gasteiger partial charge is 0.408 e. The number of fused-ring (bicyclic) bond motifs is 1. The molecule has 1 aromatic carbocycles. The van der Waals surface area contributed by atoms with Crippen LogP contribution in [0.5, 0.6) is 5.75 Å². The van der Waals surface area contributed by atoms with E-state index in [9.17, 15) is 4.79 Å². The lowest BCUT2D eigenvalue weighted by atomic mass is 10.1. The fraction of sp³-hybridized carbons (Fsp3) is 0.429. The number of nitrogens with one attached hydrogen (secondary N) is 1. The maximum atomic E-state index is 11.8. The number of nitrogens with zero attached hydrogens (tertiary/aromatic N) is 1. The molecule has 7 heteroatoms. The fourth-order valence-corrected chi connectivity index (χ4v) is 2.08. The molecule has 21 heavy (non-hydrogen) atoms. The van der Waals surface area contributed by atoms with Gasteiger partial charge in [0.2, 0.25) is 0 Å². The van der Waals surface area contributed by atoms with Crippen molar-refractivity contribution in [3.05, 3.63) is 29.3 Å². The molecule has 0 aromatic heterocycles. The Morgan fingerprint density at radius 2 is 2.24 bits per heavy atom. The number of halogens is 1. The number of alkyl carbamates (subject to hydrolysis) is 1. The van der Waals surface area contributed by atoms with Crippen LogP contribution in [0.4, 0.5) is 4.79 Å². The third-order valence-electron chi connectivity index (χ3n) is 2.81. The quantitative estimate of drug-likeness (QED) is 0.500. The van der Waals surface area contributed by atoms with Gasteiger partial charge in [0.25, 0.3) is 0 Å². The molecular weight excluding hydrogens is 296 g/mol. The summed E-state index contributed by atoms with van der Waals surface area (Å²) in [5.74, 6) is 0.593. The highest BCUT2D eigenvalue weighted by Gasteiger charge is 2.28. The number of carbonyl (C=O) groups is 1. The van der Waals surface area contributed by atoms with E-state index in [1.54, 1.807) is 39.0 Å². The van der Waals surface area contributed by atoms with Gasteiger partial charge in [-0.2, -0.15) is 0 Å². The molecule has 0 spiro atoms. The Balaban J connectivity index is 2.11. The molecule has 1 aliphatic rings. The first kappa shape index (κ1) is 15.4. The molecular formula is C14H17ClN2O4. The second-order valence-corrected chi connectivity index (χ2v) is 6.01. The van der Waals surface area contributed by atoms with Crippen molar-refractivity contribution in [3.8, 4) is 5.75 Å². The minimum absolute atomic E-state index is 0.0232. The molecule has 0 aliphatic carbocycles. The fourth-order valence-electron chi connectivity index (χ4n) is 1.97. The molecule has 6 nitrogen and oxygen atoms in total. The summed E-state index contributed by atoms with van der Waals surface area (Å²) in [6.45, 7) is 5.71. The monoisotopic (exact) mass is 312 g/mol. The highest BCUT2D eigenvalue weighted by molar-refractivity contribution is 6.69. The normalized spacial score (nSPS) is 17.9. The molecule has 1 aromatic rings. The third-order valence-corrected chi connectivity index (χ3v) is 3.11. The van der Waals surface area contributed by atoms with Crippen molar-refractivity contribution in [3.63, 3.8) is 0 Å². The first-order chi connectivity index (χ1) is 9.80. The Morgan fingerprint density at radius 3 is 2.86 bits per heavy atom. The molecule has 1 aliphatic heterocycles. The largest absolute Gasteiger partial charge is 0.491 e. The number of hydrogen-bond donors (Lipinski definition) is 2.